The van der Waals surface area contributed by atoms with Crippen LogP contribution in [-0.2, 0) is 4.79 Å². The minimum atomic E-state index is 0.262. The average molecular weight is 222 g/mol. The van der Waals surface area contributed by atoms with Crippen LogP contribution in [0.1, 0.15) is 53.4 Å². The van der Waals surface area contributed by atoms with Crippen molar-refractivity contribution in [3.63, 3.8) is 0 Å². The number of hydrogen-bond donors (Lipinski definition) is 0. The first-order valence-corrected chi connectivity index (χ1v) is 6.92. The standard InChI is InChI=1S/C15H26O/c1-10(9-16)5-6-12-7-13-8-14(11(12)2)15(13,3)4/h9-14H,5-8H2,1-4H3/t10-,11-,12+,13+,14+/m1/s1. The Morgan fingerprint density at radius 2 is 2.06 bits per heavy atom. The van der Waals surface area contributed by atoms with Gasteiger partial charge in [-0.2, -0.15) is 0 Å². The Labute approximate surface area is 100.0 Å². The zero-order valence-electron chi connectivity index (χ0n) is 11.2. The van der Waals surface area contributed by atoms with Crippen molar-refractivity contribution in [3.8, 4) is 0 Å². The van der Waals surface area contributed by atoms with Gasteiger partial charge in [-0.05, 0) is 54.8 Å². The summed E-state index contributed by atoms with van der Waals surface area (Å²) in [5.74, 6) is 3.93. The summed E-state index contributed by atoms with van der Waals surface area (Å²) in [6.45, 7) is 9.39. The van der Waals surface area contributed by atoms with Crippen molar-refractivity contribution in [2.75, 3.05) is 0 Å². The highest BCUT2D eigenvalue weighted by Crippen LogP contribution is 2.63. The lowest BCUT2D eigenvalue weighted by atomic mass is 9.43. The van der Waals surface area contributed by atoms with Crippen LogP contribution in [0.2, 0.25) is 0 Å². The first-order chi connectivity index (χ1) is 7.46. The molecule has 0 aromatic rings. The lowest BCUT2D eigenvalue weighted by molar-refractivity contribution is -0.131. The molecule has 16 heavy (non-hydrogen) atoms. The third-order valence-electron chi connectivity index (χ3n) is 5.74. The third-order valence-corrected chi connectivity index (χ3v) is 5.74. The van der Waals surface area contributed by atoms with E-state index in [4.69, 9.17) is 0 Å². The molecule has 3 fully saturated rings. The number of aldehydes is 1. The second-order valence-corrected chi connectivity index (χ2v) is 6.91. The summed E-state index contributed by atoms with van der Waals surface area (Å²) in [7, 11) is 0. The first kappa shape index (κ1) is 12.1. The molecule has 3 rings (SSSR count). The van der Waals surface area contributed by atoms with E-state index in [9.17, 15) is 4.79 Å². The second-order valence-electron chi connectivity index (χ2n) is 6.91. The summed E-state index contributed by atoms with van der Waals surface area (Å²) in [5, 5.41) is 0. The highest BCUT2D eigenvalue weighted by atomic mass is 16.1. The maximum atomic E-state index is 10.6. The maximum absolute atomic E-state index is 10.6. The summed E-state index contributed by atoms with van der Waals surface area (Å²) in [6, 6.07) is 0. The molecule has 1 nitrogen and oxygen atoms in total. The van der Waals surface area contributed by atoms with Gasteiger partial charge in [-0.15, -0.1) is 0 Å². The fraction of sp³-hybridized carbons (Fsp3) is 0.933. The molecule has 3 aliphatic rings. The summed E-state index contributed by atoms with van der Waals surface area (Å²) in [6.07, 6.45) is 6.35. The molecule has 0 amide bonds. The number of hydrogen-bond acceptors (Lipinski definition) is 1. The van der Waals surface area contributed by atoms with Gasteiger partial charge in [0.05, 0.1) is 0 Å². The number of carbonyl (C=O) groups excluding carboxylic acids is 1. The van der Waals surface area contributed by atoms with Crippen molar-refractivity contribution >= 4 is 6.29 Å². The second kappa shape index (κ2) is 4.16. The van der Waals surface area contributed by atoms with Crippen LogP contribution in [0.3, 0.4) is 0 Å². The van der Waals surface area contributed by atoms with E-state index in [1.54, 1.807) is 0 Å². The van der Waals surface area contributed by atoms with Crippen LogP contribution in [0, 0.1) is 35.0 Å². The van der Waals surface area contributed by atoms with E-state index in [2.05, 4.69) is 20.8 Å². The fourth-order valence-electron chi connectivity index (χ4n) is 4.18. The van der Waals surface area contributed by atoms with Gasteiger partial charge in [0.15, 0.2) is 0 Å². The molecule has 0 spiro atoms. The molecule has 0 saturated heterocycles. The Kier molecular flexibility index (Phi) is 3.16. The maximum Gasteiger partial charge on any atom is 0.122 e. The topological polar surface area (TPSA) is 17.1 Å². The Hall–Kier alpha value is -0.330. The highest BCUT2D eigenvalue weighted by molar-refractivity contribution is 5.52. The predicted molar refractivity (Wildman–Crippen MR) is 67.1 cm³/mol. The van der Waals surface area contributed by atoms with Crippen molar-refractivity contribution in [2.45, 2.75) is 53.4 Å². The van der Waals surface area contributed by atoms with E-state index in [1.807, 2.05) is 6.92 Å². The molecule has 0 aliphatic heterocycles. The Morgan fingerprint density at radius 3 is 2.56 bits per heavy atom. The van der Waals surface area contributed by atoms with Crippen LogP contribution in [0.5, 0.6) is 0 Å². The Balaban J connectivity index is 1.88. The van der Waals surface area contributed by atoms with Crippen molar-refractivity contribution in [1.82, 2.24) is 0 Å². The van der Waals surface area contributed by atoms with Gasteiger partial charge in [0, 0.05) is 5.92 Å². The molecular weight excluding hydrogens is 196 g/mol. The Bertz CT molecular complexity index is 269. The van der Waals surface area contributed by atoms with Crippen LogP contribution >= 0.6 is 0 Å². The minimum absolute atomic E-state index is 0.262. The SMILES string of the molecule is C[C@@H]1[C@@H](CC[C@@H](C)C=O)C[C@H]2C[C@@H]1C2(C)C. The van der Waals surface area contributed by atoms with Crippen molar-refractivity contribution in [3.05, 3.63) is 0 Å². The largest absolute Gasteiger partial charge is 0.303 e. The van der Waals surface area contributed by atoms with Gasteiger partial charge in [-0.25, -0.2) is 0 Å². The molecule has 2 bridgehead atoms. The molecule has 0 aromatic heterocycles. The average Bonchev–Trinajstić information content (AvgIpc) is 2.26. The zero-order chi connectivity index (χ0) is 11.9. The highest BCUT2D eigenvalue weighted by Gasteiger charge is 2.55. The summed E-state index contributed by atoms with van der Waals surface area (Å²) >= 11 is 0. The van der Waals surface area contributed by atoms with E-state index in [0.29, 0.717) is 5.41 Å². The fourth-order valence-corrected chi connectivity index (χ4v) is 4.18. The predicted octanol–water partition coefficient (Wildman–Crippen LogP) is 3.92. The zero-order valence-corrected chi connectivity index (χ0v) is 11.2. The molecule has 0 N–H and O–H groups in total. The number of rotatable bonds is 4. The van der Waals surface area contributed by atoms with Gasteiger partial charge in [0.25, 0.3) is 0 Å². The third kappa shape index (κ3) is 1.83. The van der Waals surface area contributed by atoms with Crippen LogP contribution in [0.4, 0.5) is 0 Å². The summed E-state index contributed by atoms with van der Waals surface area (Å²) in [4.78, 5) is 10.6. The number of fused-ring (bicyclic) bond motifs is 2. The molecule has 92 valence electrons. The molecular formula is C15H26O. The minimum Gasteiger partial charge on any atom is -0.303 e. The van der Waals surface area contributed by atoms with Crippen molar-refractivity contribution in [1.29, 1.82) is 0 Å². The Morgan fingerprint density at radius 1 is 1.38 bits per heavy atom. The van der Waals surface area contributed by atoms with Crippen LogP contribution in [0.15, 0.2) is 0 Å². The molecule has 1 heteroatoms. The molecule has 3 saturated carbocycles. The van der Waals surface area contributed by atoms with Gasteiger partial charge < -0.3 is 4.79 Å². The summed E-state index contributed by atoms with van der Waals surface area (Å²) in [5.41, 5.74) is 0.603. The van der Waals surface area contributed by atoms with Gasteiger partial charge in [-0.3, -0.25) is 0 Å². The monoisotopic (exact) mass is 222 g/mol. The van der Waals surface area contributed by atoms with Gasteiger partial charge in [0.2, 0.25) is 0 Å². The van der Waals surface area contributed by atoms with Crippen LogP contribution < -0.4 is 0 Å². The molecule has 5 atom stereocenters. The molecule has 0 radical (unpaired) electrons. The van der Waals surface area contributed by atoms with E-state index in [0.717, 1.165) is 36.4 Å². The molecule has 0 unspecified atom stereocenters. The quantitative estimate of drug-likeness (QED) is 0.659. The van der Waals surface area contributed by atoms with E-state index >= 15 is 0 Å². The van der Waals surface area contributed by atoms with E-state index in [-0.39, 0.29) is 5.92 Å². The lowest BCUT2D eigenvalue weighted by Gasteiger charge is -2.62. The smallest absolute Gasteiger partial charge is 0.122 e. The number of carbonyl (C=O) groups is 1. The van der Waals surface area contributed by atoms with Gasteiger partial charge in [0.1, 0.15) is 6.29 Å². The normalized spacial score (nSPS) is 42.2. The van der Waals surface area contributed by atoms with Crippen LogP contribution in [0.25, 0.3) is 0 Å². The lowest BCUT2D eigenvalue weighted by Crippen LogP contribution is -2.54. The summed E-state index contributed by atoms with van der Waals surface area (Å²) < 4.78 is 0. The van der Waals surface area contributed by atoms with E-state index < -0.39 is 0 Å². The molecule has 3 aliphatic carbocycles. The molecule has 0 aromatic carbocycles. The van der Waals surface area contributed by atoms with Crippen molar-refractivity contribution in [2.24, 2.45) is 35.0 Å². The van der Waals surface area contributed by atoms with Gasteiger partial charge in [-0.1, -0.05) is 27.7 Å². The molecule has 0 heterocycles. The van der Waals surface area contributed by atoms with E-state index in [1.165, 1.54) is 19.3 Å². The van der Waals surface area contributed by atoms with Gasteiger partial charge >= 0.3 is 0 Å². The van der Waals surface area contributed by atoms with Crippen LogP contribution in [-0.4, -0.2) is 6.29 Å². The van der Waals surface area contributed by atoms with Crippen molar-refractivity contribution < 1.29 is 4.79 Å². The first-order valence-electron chi connectivity index (χ1n) is 6.92.